The third-order valence-electron chi connectivity index (χ3n) is 5.40. The van der Waals surface area contributed by atoms with Crippen molar-refractivity contribution in [2.24, 2.45) is 17.8 Å². The Hall–Kier alpha value is -1.35. The summed E-state index contributed by atoms with van der Waals surface area (Å²) in [6, 6.07) is 10.4. The number of carbonyl (C=O) groups excluding carboxylic acids is 1. The number of fused-ring (bicyclic) bond motifs is 2. The number of hydrogen-bond donors (Lipinski definition) is 0. The van der Waals surface area contributed by atoms with E-state index < -0.39 is 0 Å². The molecule has 0 N–H and O–H groups in total. The molecule has 3 unspecified atom stereocenters. The lowest BCUT2D eigenvalue weighted by atomic mass is 9.87. The van der Waals surface area contributed by atoms with Gasteiger partial charge in [0.15, 0.2) is 0 Å². The molecule has 0 spiro atoms. The summed E-state index contributed by atoms with van der Waals surface area (Å²) >= 11 is 0. The SMILES string of the molecule is CN(C)CCN(Cc1ccccc1)C(=O)C1CC2CCC1C2. The van der Waals surface area contributed by atoms with Gasteiger partial charge in [-0.15, -0.1) is 0 Å². The molecule has 2 bridgehead atoms. The maximum absolute atomic E-state index is 13.1. The second-order valence-electron chi connectivity index (χ2n) is 7.33. The molecule has 0 saturated heterocycles. The van der Waals surface area contributed by atoms with Gasteiger partial charge in [-0.3, -0.25) is 4.79 Å². The van der Waals surface area contributed by atoms with E-state index in [2.05, 4.69) is 48.2 Å². The fourth-order valence-corrected chi connectivity index (χ4v) is 4.17. The maximum Gasteiger partial charge on any atom is 0.226 e. The molecule has 0 heterocycles. The van der Waals surface area contributed by atoms with E-state index in [1.54, 1.807) is 0 Å². The Labute approximate surface area is 134 Å². The first-order chi connectivity index (χ1) is 10.6. The van der Waals surface area contributed by atoms with Gasteiger partial charge in [0.05, 0.1) is 0 Å². The van der Waals surface area contributed by atoms with Gasteiger partial charge in [0.1, 0.15) is 0 Å². The van der Waals surface area contributed by atoms with Crippen LogP contribution in [0.15, 0.2) is 30.3 Å². The van der Waals surface area contributed by atoms with Crippen LogP contribution in [-0.4, -0.2) is 42.9 Å². The Morgan fingerprint density at radius 2 is 1.86 bits per heavy atom. The lowest BCUT2D eigenvalue weighted by Crippen LogP contribution is -2.41. The van der Waals surface area contributed by atoms with Crippen LogP contribution in [0.2, 0.25) is 0 Å². The van der Waals surface area contributed by atoms with Crippen LogP contribution in [0.1, 0.15) is 31.2 Å². The molecule has 2 saturated carbocycles. The van der Waals surface area contributed by atoms with Crippen molar-refractivity contribution in [1.29, 1.82) is 0 Å². The van der Waals surface area contributed by atoms with Crippen molar-refractivity contribution in [3.8, 4) is 0 Å². The van der Waals surface area contributed by atoms with Gasteiger partial charge in [-0.05, 0) is 50.8 Å². The first-order valence-electron chi connectivity index (χ1n) is 8.61. The van der Waals surface area contributed by atoms with Crippen LogP contribution in [0.25, 0.3) is 0 Å². The predicted molar refractivity (Wildman–Crippen MR) is 89.4 cm³/mol. The fourth-order valence-electron chi connectivity index (χ4n) is 4.17. The average molecular weight is 300 g/mol. The van der Waals surface area contributed by atoms with Crippen molar-refractivity contribution in [3.05, 3.63) is 35.9 Å². The van der Waals surface area contributed by atoms with Gasteiger partial charge in [-0.1, -0.05) is 36.8 Å². The van der Waals surface area contributed by atoms with E-state index in [9.17, 15) is 4.79 Å². The van der Waals surface area contributed by atoms with Gasteiger partial charge in [-0.25, -0.2) is 0 Å². The van der Waals surface area contributed by atoms with Crippen LogP contribution in [0.3, 0.4) is 0 Å². The Kier molecular flexibility index (Phi) is 4.82. The summed E-state index contributed by atoms with van der Waals surface area (Å²) in [5.41, 5.74) is 1.23. The summed E-state index contributed by atoms with van der Waals surface area (Å²) in [6.45, 7) is 2.51. The molecule has 3 rings (SSSR count). The van der Waals surface area contributed by atoms with Crippen LogP contribution in [-0.2, 0) is 11.3 Å². The maximum atomic E-state index is 13.1. The van der Waals surface area contributed by atoms with Crippen molar-refractivity contribution in [2.45, 2.75) is 32.2 Å². The van der Waals surface area contributed by atoms with Crippen LogP contribution in [0.4, 0.5) is 0 Å². The molecule has 1 amide bonds. The van der Waals surface area contributed by atoms with Crippen LogP contribution in [0.5, 0.6) is 0 Å². The first kappa shape index (κ1) is 15.5. The Balaban J connectivity index is 1.68. The molecule has 22 heavy (non-hydrogen) atoms. The zero-order valence-corrected chi connectivity index (χ0v) is 13.9. The second-order valence-corrected chi connectivity index (χ2v) is 7.33. The quantitative estimate of drug-likeness (QED) is 0.806. The zero-order valence-electron chi connectivity index (χ0n) is 13.9. The van der Waals surface area contributed by atoms with Crippen molar-refractivity contribution >= 4 is 5.91 Å². The molecule has 1 aromatic carbocycles. The molecule has 2 aliphatic carbocycles. The van der Waals surface area contributed by atoms with Crippen LogP contribution in [0, 0.1) is 17.8 Å². The molecule has 0 aromatic heterocycles. The number of nitrogens with zero attached hydrogens (tertiary/aromatic N) is 2. The van der Waals surface area contributed by atoms with Gasteiger partial charge >= 0.3 is 0 Å². The van der Waals surface area contributed by atoms with Gasteiger partial charge < -0.3 is 9.80 Å². The number of rotatable bonds is 6. The van der Waals surface area contributed by atoms with Crippen molar-refractivity contribution in [1.82, 2.24) is 9.80 Å². The highest BCUT2D eigenvalue weighted by Gasteiger charge is 2.44. The predicted octanol–water partition coefficient (Wildman–Crippen LogP) is 3.01. The van der Waals surface area contributed by atoms with Crippen LogP contribution >= 0.6 is 0 Å². The van der Waals surface area contributed by atoms with E-state index in [0.29, 0.717) is 17.7 Å². The lowest BCUT2D eigenvalue weighted by molar-refractivity contribution is -0.138. The highest BCUT2D eigenvalue weighted by atomic mass is 16.2. The molecule has 2 aliphatic rings. The highest BCUT2D eigenvalue weighted by molar-refractivity contribution is 5.79. The monoisotopic (exact) mass is 300 g/mol. The number of benzene rings is 1. The standard InChI is InChI=1S/C19H28N2O/c1-20(2)10-11-21(14-15-6-4-3-5-7-15)19(22)18-13-16-8-9-17(18)12-16/h3-7,16-18H,8-14H2,1-2H3. The summed E-state index contributed by atoms with van der Waals surface area (Å²) in [5, 5.41) is 0. The van der Waals surface area contributed by atoms with E-state index in [4.69, 9.17) is 0 Å². The highest BCUT2D eigenvalue weighted by Crippen LogP contribution is 2.48. The summed E-state index contributed by atoms with van der Waals surface area (Å²) in [6.07, 6.45) is 5.05. The molecule has 0 aliphatic heterocycles. The number of carbonyl (C=O) groups is 1. The lowest BCUT2D eigenvalue weighted by Gasteiger charge is -2.30. The molecule has 1 aromatic rings. The summed E-state index contributed by atoms with van der Waals surface area (Å²) in [5.74, 6) is 2.18. The smallest absolute Gasteiger partial charge is 0.226 e. The molecule has 0 radical (unpaired) electrons. The molecular weight excluding hydrogens is 272 g/mol. The second kappa shape index (κ2) is 6.82. The summed E-state index contributed by atoms with van der Waals surface area (Å²) < 4.78 is 0. The van der Waals surface area contributed by atoms with E-state index >= 15 is 0 Å². The van der Waals surface area contributed by atoms with E-state index in [1.165, 1.54) is 24.8 Å². The number of amides is 1. The minimum atomic E-state index is 0.296. The largest absolute Gasteiger partial charge is 0.337 e. The van der Waals surface area contributed by atoms with Gasteiger partial charge in [0.2, 0.25) is 5.91 Å². The van der Waals surface area contributed by atoms with Crippen LogP contribution < -0.4 is 0 Å². The normalized spacial score (nSPS) is 26.6. The first-order valence-corrected chi connectivity index (χ1v) is 8.61. The van der Waals surface area contributed by atoms with Crippen molar-refractivity contribution in [3.63, 3.8) is 0 Å². The molecule has 3 nitrogen and oxygen atoms in total. The van der Waals surface area contributed by atoms with E-state index in [-0.39, 0.29) is 0 Å². The number of likely N-dealkylation sites (N-methyl/N-ethyl adjacent to an activating group) is 1. The van der Waals surface area contributed by atoms with Gasteiger partial charge in [-0.2, -0.15) is 0 Å². The molecule has 3 heteroatoms. The third-order valence-corrected chi connectivity index (χ3v) is 5.40. The van der Waals surface area contributed by atoms with Gasteiger partial charge in [0, 0.05) is 25.6 Å². The van der Waals surface area contributed by atoms with Crippen molar-refractivity contribution < 1.29 is 4.79 Å². The van der Waals surface area contributed by atoms with E-state index in [1.807, 2.05) is 6.07 Å². The Morgan fingerprint density at radius 3 is 2.45 bits per heavy atom. The summed E-state index contributed by atoms with van der Waals surface area (Å²) in [4.78, 5) is 17.3. The minimum absolute atomic E-state index is 0.296. The zero-order chi connectivity index (χ0) is 15.5. The Morgan fingerprint density at radius 1 is 1.09 bits per heavy atom. The van der Waals surface area contributed by atoms with E-state index in [0.717, 1.165) is 32.0 Å². The molecule has 120 valence electrons. The fraction of sp³-hybridized carbons (Fsp3) is 0.632. The number of hydrogen-bond acceptors (Lipinski definition) is 2. The topological polar surface area (TPSA) is 23.6 Å². The average Bonchev–Trinajstić information content (AvgIpc) is 3.14. The molecule has 3 atom stereocenters. The van der Waals surface area contributed by atoms with Gasteiger partial charge in [0.25, 0.3) is 0 Å². The Bertz CT molecular complexity index is 499. The third kappa shape index (κ3) is 3.52. The van der Waals surface area contributed by atoms with Crippen molar-refractivity contribution in [2.75, 3.05) is 27.2 Å². The molecular formula is C19H28N2O. The minimum Gasteiger partial charge on any atom is -0.337 e. The summed E-state index contributed by atoms with van der Waals surface area (Å²) in [7, 11) is 4.14. The molecule has 2 fully saturated rings.